The number of nitro benzene ring substituents is 1. The van der Waals surface area contributed by atoms with Crippen molar-refractivity contribution >= 4 is 29.3 Å². The van der Waals surface area contributed by atoms with Crippen molar-refractivity contribution in [2.24, 2.45) is 0 Å². The lowest BCUT2D eigenvalue weighted by molar-refractivity contribution is -0.384. The molecule has 0 spiro atoms. The van der Waals surface area contributed by atoms with Gasteiger partial charge in [-0.25, -0.2) is 0 Å². The van der Waals surface area contributed by atoms with E-state index in [1.54, 1.807) is 0 Å². The second-order valence-corrected chi connectivity index (χ2v) is 6.33. The smallest absolute Gasteiger partial charge is 0.270 e. The van der Waals surface area contributed by atoms with Gasteiger partial charge >= 0.3 is 0 Å². The number of hydrogen-bond donors (Lipinski definition) is 2. The lowest BCUT2D eigenvalue weighted by Gasteiger charge is -2.14. The highest BCUT2D eigenvalue weighted by Gasteiger charge is 2.37. The molecule has 1 atom stereocenters. The van der Waals surface area contributed by atoms with E-state index < -0.39 is 35.3 Å². The topological polar surface area (TPSA) is 148 Å². The van der Waals surface area contributed by atoms with E-state index in [2.05, 4.69) is 10.6 Å². The van der Waals surface area contributed by atoms with Crippen LogP contribution in [0.1, 0.15) is 33.6 Å². The van der Waals surface area contributed by atoms with Crippen molar-refractivity contribution in [2.45, 2.75) is 18.9 Å². The van der Waals surface area contributed by atoms with Crippen molar-refractivity contribution in [3.63, 3.8) is 0 Å². The van der Waals surface area contributed by atoms with Crippen LogP contribution in [-0.4, -0.2) is 65.8 Å². The molecular weight excluding hydrogens is 372 g/mol. The standard InChI is InChI=1S/C17H18N4O7/c22-14(18-5-6-19-15(23)13-2-1-7-28-13)9-20-16(24)11-4-3-10(21(26)27)8-12(11)17(20)25/h3-4,8,13H,1-2,5-7,9H2,(H,18,22)(H,19,23). The number of nitrogens with one attached hydrogen (secondary N) is 2. The van der Waals surface area contributed by atoms with Crippen molar-refractivity contribution in [1.29, 1.82) is 0 Å². The molecule has 2 heterocycles. The number of imide groups is 1. The Morgan fingerprint density at radius 3 is 2.57 bits per heavy atom. The number of carbonyl (C=O) groups excluding carboxylic acids is 4. The molecule has 4 amide bonds. The molecule has 2 aliphatic heterocycles. The summed E-state index contributed by atoms with van der Waals surface area (Å²) in [6.07, 6.45) is 1.03. The fraction of sp³-hybridized carbons (Fsp3) is 0.412. The van der Waals surface area contributed by atoms with E-state index in [0.29, 0.717) is 13.0 Å². The fourth-order valence-electron chi connectivity index (χ4n) is 3.02. The molecule has 0 aliphatic carbocycles. The van der Waals surface area contributed by atoms with Crippen LogP contribution in [0.4, 0.5) is 5.69 Å². The zero-order chi connectivity index (χ0) is 20.3. The second kappa shape index (κ2) is 8.13. The second-order valence-electron chi connectivity index (χ2n) is 6.33. The molecule has 0 aromatic heterocycles. The first-order valence-electron chi connectivity index (χ1n) is 8.69. The average molecular weight is 390 g/mol. The Morgan fingerprint density at radius 1 is 1.18 bits per heavy atom. The lowest BCUT2D eigenvalue weighted by Crippen LogP contribution is -2.43. The van der Waals surface area contributed by atoms with E-state index in [9.17, 15) is 29.3 Å². The van der Waals surface area contributed by atoms with E-state index in [1.165, 1.54) is 6.07 Å². The molecule has 11 heteroatoms. The molecule has 1 saturated heterocycles. The van der Waals surface area contributed by atoms with Crippen LogP contribution < -0.4 is 10.6 Å². The Morgan fingerprint density at radius 2 is 1.89 bits per heavy atom. The van der Waals surface area contributed by atoms with E-state index >= 15 is 0 Å². The maximum absolute atomic E-state index is 12.3. The van der Waals surface area contributed by atoms with Crippen LogP contribution in [0.25, 0.3) is 0 Å². The number of benzene rings is 1. The zero-order valence-electron chi connectivity index (χ0n) is 14.8. The van der Waals surface area contributed by atoms with Gasteiger partial charge in [-0.3, -0.25) is 34.2 Å². The summed E-state index contributed by atoms with van der Waals surface area (Å²) in [6.45, 7) is 0.336. The van der Waals surface area contributed by atoms with Crippen LogP contribution in [0.15, 0.2) is 18.2 Å². The van der Waals surface area contributed by atoms with Crippen molar-refractivity contribution in [3.8, 4) is 0 Å². The number of hydrogen-bond acceptors (Lipinski definition) is 7. The Hall–Kier alpha value is -3.34. The number of rotatable bonds is 7. The van der Waals surface area contributed by atoms with Gasteiger partial charge in [-0.05, 0) is 18.9 Å². The van der Waals surface area contributed by atoms with Crippen LogP contribution in [-0.2, 0) is 14.3 Å². The number of amides is 4. The molecule has 1 aromatic rings. The monoisotopic (exact) mass is 390 g/mol. The van der Waals surface area contributed by atoms with Gasteiger partial charge in [0.05, 0.1) is 16.1 Å². The predicted octanol–water partition coefficient (Wildman–Crippen LogP) is -0.398. The molecule has 2 aliphatic rings. The van der Waals surface area contributed by atoms with Gasteiger partial charge in [-0.1, -0.05) is 0 Å². The van der Waals surface area contributed by atoms with Gasteiger partial charge in [0.15, 0.2) is 0 Å². The van der Waals surface area contributed by atoms with E-state index in [-0.39, 0.29) is 35.8 Å². The molecule has 0 radical (unpaired) electrons. The largest absolute Gasteiger partial charge is 0.368 e. The number of non-ortho nitro benzene ring substituents is 1. The minimum absolute atomic E-state index is 0.0206. The molecule has 0 bridgehead atoms. The highest BCUT2D eigenvalue weighted by atomic mass is 16.6. The molecule has 148 valence electrons. The third-order valence-electron chi connectivity index (χ3n) is 4.44. The molecule has 1 fully saturated rings. The highest BCUT2D eigenvalue weighted by molar-refractivity contribution is 6.22. The number of fused-ring (bicyclic) bond motifs is 1. The summed E-state index contributed by atoms with van der Waals surface area (Å²) in [5, 5.41) is 16.0. The minimum atomic E-state index is -0.759. The zero-order valence-corrected chi connectivity index (χ0v) is 14.8. The number of ether oxygens (including phenoxy) is 1. The SMILES string of the molecule is O=C(CN1C(=O)c2ccc([N+](=O)[O-])cc2C1=O)NCCNC(=O)C1CCCO1. The summed E-state index contributed by atoms with van der Waals surface area (Å²) in [7, 11) is 0. The van der Waals surface area contributed by atoms with Gasteiger partial charge in [0, 0.05) is 31.8 Å². The van der Waals surface area contributed by atoms with E-state index in [0.717, 1.165) is 23.5 Å². The molecule has 28 heavy (non-hydrogen) atoms. The molecule has 3 rings (SSSR count). The maximum Gasteiger partial charge on any atom is 0.270 e. The normalized spacial score (nSPS) is 18.1. The number of carbonyl (C=O) groups is 4. The van der Waals surface area contributed by atoms with Gasteiger partial charge in [-0.15, -0.1) is 0 Å². The Bertz CT molecular complexity index is 848. The van der Waals surface area contributed by atoms with Crippen molar-refractivity contribution < 1.29 is 28.8 Å². The summed E-state index contributed by atoms with van der Waals surface area (Å²) in [4.78, 5) is 59.2. The summed E-state index contributed by atoms with van der Waals surface area (Å²) in [5.41, 5.74) is -0.392. The maximum atomic E-state index is 12.3. The molecule has 1 unspecified atom stereocenters. The Kier molecular flexibility index (Phi) is 5.64. The summed E-state index contributed by atoms with van der Waals surface area (Å²) in [6, 6.07) is 3.35. The summed E-state index contributed by atoms with van der Waals surface area (Å²) in [5.74, 6) is -2.27. The number of nitro groups is 1. The Labute approximate surface area is 159 Å². The molecule has 0 saturated carbocycles. The van der Waals surface area contributed by atoms with Crippen LogP contribution in [0.2, 0.25) is 0 Å². The molecule has 2 N–H and O–H groups in total. The van der Waals surface area contributed by atoms with E-state index in [4.69, 9.17) is 4.74 Å². The van der Waals surface area contributed by atoms with Gasteiger partial charge in [-0.2, -0.15) is 0 Å². The molecule has 1 aromatic carbocycles. The first-order valence-corrected chi connectivity index (χ1v) is 8.69. The fourth-order valence-corrected chi connectivity index (χ4v) is 3.02. The average Bonchev–Trinajstić information content (AvgIpc) is 3.29. The first-order chi connectivity index (χ1) is 13.4. The minimum Gasteiger partial charge on any atom is -0.368 e. The van der Waals surface area contributed by atoms with Gasteiger partial charge in [0.1, 0.15) is 12.6 Å². The molecular formula is C17H18N4O7. The van der Waals surface area contributed by atoms with Gasteiger partial charge in [0.2, 0.25) is 11.8 Å². The summed E-state index contributed by atoms with van der Waals surface area (Å²) < 4.78 is 5.24. The van der Waals surface area contributed by atoms with Gasteiger partial charge in [0.25, 0.3) is 17.5 Å². The summed E-state index contributed by atoms with van der Waals surface area (Å²) >= 11 is 0. The van der Waals surface area contributed by atoms with Crippen molar-refractivity contribution in [3.05, 3.63) is 39.4 Å². The third-order valence-corrected chi connectivity index (χ3v) is 4.44. The molecule has 11 nitrogen and oxygen atoms in total. The quantitative estimate of drug-likeness (QED) is 0.279. The first kappa shape index (κ1) is 19.4. The Balaban J connectivity index is 1.49. The van der Waals surface area contributed by atoms with Crippen molar-refractivity contribution in [1.82, 2.24) is 15.5 Å². The van der Waals surface area contributed by atoms with Crippen LogP contribution in [0.3, 0.4) is 0 Å². The predicted molar refractivity (Wildman–Crippen MR) is 93.5 cm³/mol. The number of nitrogens with zero attached hydrogens (tertiary/aromatic N) is 2. The van der Waals surface area contributed by atoms with Crippen molar-refractivity contribution in [2.75, 3.05) is 26.2 Å². The van der Waals surface area contributed by atoms with E-state index in [1.807, 2.05) is 0 Å². The van der Waals surface area contributed by atoms with Crippen LogP contribution in [0.5, 0.6) is 0 Å². The lowest BCUT2D eigenvalue weighted by atomic mass is 10.1. The highest BCUT2D eigenvalue weighted by Crippen LogP contribution is 2.26. The third kappa shape index (κ3) is 3.98. The van der Waals surface area contributed by atoms with Crippen LogP contribution >= 0.6 is 0 Å². The van der Waals surface area contributed by atoms with Gasteiger partial charge < -0.3 is 15.4 Å². The van der Waals surface area contributed by atoms with Crippen LogP contribution in [0, 0.1) is 10.1 Å².